The third kappa shape index (κ3) is 3.91. The van der Waals surface area contributed by atoms with E-state index in [1.165, 1.54) is 0 Å². The molecule has 0 aromatic heterocycles. The summed E-state index contributed by atoms with van der Waals surface area (Å²) in [4.78, 5) is 12.0. The fraction of sp³-hybridized carbons (Fsp3) is 0.188. The lowest BCUT2D eigenvalue weighted by Gasteiger charge is -2.06. The molecule has 0 amide bonds. The number of carbonyl (C=O) groups is 1. The Morgan fingerprint density at radius 1 is 1.16 bits per heavy atom. The molecular formula is C16H15ClO2. The summed E-state index contributed by atoms with van der Waals surface area (Å²) >= 11 is 6.01. The van der Waals surface area contributed by atoms with E-state index >= 15 is 0 Å². The fourth-order valence-corrected chi connectivity index (χ4v) is 1.99. The van der Waals surface area contributed by atoms with E-state index < -0.39 is 0 Å². The van der Waals surface area contributed by atoms with Gasteiger partial charge in [-0.15, -0.1) is 0 Å². The lowest BCUT2D eigenvalue weighted by Crippen LogP contribution is -2.10. The average molecular weight is 275 g/mol. The van der Waals surface area contributed by atoms with Crippen molar-refractivity contribution in [2.75, 3.05) is 6.61 Å². The zero-order valence-corrected chi connectivity index (χ0v) is 11.5. The molecule has 0 aliphatic heterocycles. The van der Waals surface area contributed by atoms with Gasteiger partial charge in [-0.3, -0.25) is 4.79 Å². The fourth-order valence-electron chi connectivity index (χ4n) is 1.77. The van der Waals surface area contributed by atoms with Crippen LogP contribution in [0.4, 0.5) is 0 Å². The third-order valence-electron chi connectivity index (χ3n) is 2.77. The summed E-state index contributed by atoms with van der Waals surface area (Å²) in [7, 11) is 0. The number of rotatable bonds is 5. The highest BCUT2D eigenvalue weighted by molar-refractivity contribution is 6.34. The van der Waals surface area contributed by atoms with E-state index in [9.17, 15) is 4.79 Å². The molecule has 0 saturated heterocycles. The summed E-state index contributed by atoms with van der Waals surface area (Å²) in [5.74, 6) is -0.0929. The molecule has 2 nitrogen and oxygen atoms in total. The number of ether oxygens (including phenoxy) is 1. The molecule has 0 heterocycles. The molecule has 0 fully saturated rings. The number of Topliss-reactive ketones (excluding diaryl/α,β-unsaturated/α-hetero) is 1. The molecule has 2 aromatic rings. The number of hydrogen-bond donors (Lipinski definition) is 0. The van der Waals surface area contributed by atoms with Gasteiger partial charge in [0.05, 0.1) is 11.6 Å². The van der Waals surface area contributed by atoms with Gasteiger partial charge in [-0.05, 0) is 24.6 Å². The van der Waals surface area contributed by atoms with E-state index in [1.54, 1.807) is 12.1 Å². The second-order valence-corrected chi connectivity index (χ2v) is 4.79. The number of hydrogen-bond acceptors (Lipinski definition) is 2. The molecule has 2 rings (SSSR count). The van der Waals surface area contributed by atoms with Crippen molar-refractivity contribution in [3.05, 3.63) is 70.2 Å². The molecule has 2 aromatic carbocycles. The van der Waals surface area contributed by atoms with Gasteiger partial charge in [0.1, 0.15) is 6.61 Å². The van der Waals surface area contributed by atoms with E-state index in [0.29, 0.717) is 17.2 Å². The SMILES string of the molecule is Cc1ccc(Cl)c(C(=O)COCc2ccccc2)c1. The Morgan fingerprint density at radius 2 is 1.89 bits per heavy atom. The first-order valence-electron chi connectivity index (χ1n) is 6.08. The molecule has 98 valence electrons. The van der Waals surface area contributed by atoms with Crippen molar-refractivity contribution in [3.8, 4) is 0 Å². The highest BCUT2D eigenvalue weighted by Gasteiger charge is 2.10. The summed E-state index contributed by atoms with van der Waals surface area (Å²) in [5, 5.41) is 0.471. The van der Waals surface area contributed by atoms with Crippen LogP contribution in [-0.2, 0) is 11.3 Å². The largest absolute Gasteiger partial charge is 0.369 e. The molecule has 3 heteroatoms. The van der Waals surface area contributed by atoms with Gasteiger partial charge in [-0.25, -0.2) is 0 Å². The summed E-state index contributed by atoms with van der Waals surface area (Å²) in [6, 6.07) is 15.2. The Labute approximate surface area is 118 Å². The lowest BCUT2D eigenvalue weighted by atomic mass is 10.1. The minimum atomic E-state index is -0.0929. The number of carbonyl (C=O) groups excluding carboxylic acids is 1. The Morgan fingerprint density at radius 3 is 2.63 bits per heavy atom. The minimum Gasteiger partial charge on any atom is -0.369 e. The molecule has 0 saturated carbocycles. The smallest absolute Gasteiger partial charge is 0.189 e. The maximum atomic E-state index is 12.0. The first-order chi connectivity index (χ1) is 9.16. The van der Waals surface area contributed by atoms with E-state index in [-0.39, 0.29) is 12.4 Å². The maximum absolute atomic E-state index is 12.0. The predicted molar refractivity (Wildman–Crippen MR) is 76.6 cm³/mol. The highest BCUT2D eigenvalue weighted by atomic mass is 35.5. The monoisotopic (exact) mass is 274 g/mol. The minimum absolute atomic E-state index is 0.0397. The van der Waals surface area contributed by atoms with Crippen LogP contribution in [0.25, 0.3) is 0 Å². The van der Waals surface area contributed by atoms with Gasteiger partial charge in [0, 0.05) is 5.56 Å². The van der Waals surface area contributed by atoms with Gasteiger partial charge in [-0.2, -0.15) is 0 Å². The zero-order chi connectivity index (χ0) is 13.7. The first kappa shape index (κ1) is 13.8. The van der Waals surface area contributed by atoms with E-state index in [4.69, 9.17) is 16.3 Å². The van der Waals surface area contributed by atoms with Crippen molar-refractivity contribution in [1.29, 1.82) is 0 Å². The van der Waals surface area contributed by atoms with E-state index in [2.05, 4.69) is 0 Å². The maximum Gasteiger partial charge on any atom is 0.189 e. The predicted octanol–water partition coefficient (Wildman–Crippen LogP) is 4.05. The van der Waals surface area contributed by atoms with Gasteiger partial charge < -0.3 is 4.74 Å². The summed E-state index contributed by atoms with van der Waals surface area (Å²) in [6.07, 6.45) is 0. The average Bonchev–Trinajstić information content (AvgIpc) is 2.42. The molecule has 0 atom stereocenters. The van der Waals surface area contributed by atoms with Crippen molar-refractivity contribution in [1.82, 2.24) is 0 Å². The van der Waals surface area contributed by atoms with Gasteiger partial charge in [0.25, 0.3) is 0 Å². The van der Waals surface area contributed by atoms with Crippen LogP contribution in [0.2, 0.25) is 5.02 Å². The Balaban J connectivity index is 1.93. The lowest BCUT2D eigenvalue weighted by molar-refractivity contribution is 0.0726. The van der Waals surface area contributed by atoms with Crippen molar-refractivity contribution in [3.63, 3.8) is 0 Å². The quantitative estimate of drug-likeness (QED) is 0.769. The molecule has 19 heavy (non-hydrogen) atoms. The van der Waals surface area contributed by atoms with Gasteiger partial charge in [0.15, 0.2) is 5.78 Å². The van der Waals surface area contributed by atoms with Gasteiger partial charge >= 0.3 is 0 Å². The second kappa shape index (κ2) is 6.50. The van der Waals surface area contributed by atoms with Crippen LogP contribution in [-0.4, -0.2) is 12.4 Å². The van der Waals surface area contributed by atoms with Gasteiger partial charge in [0.2, 0.25) is 0 Å². The van der Waals surface area contributed by atoms with Crippen LogP contribution in [0, 0.1) is 6.92 Å². The highest BCUT2D eigenvalue weighted by Crippen LogP contribution is 2.18. The van der Waals surface area contributed by atoms with Crippen LogP contribution in [0.3, 0.4) is 0 Å². The van der Waals surface area contributed by atoms with Crippen LogP contribution < -0.4 is 0 Å². The number of aryl methyl sites for hydroxylation is 1. The molecule has 0 spiro atoms. The van der Waals surface area contributed by atoms with Crippen LogP contribution >= 0.6 is 11.6 Å². The molecule has 0 unspecified atom stereocenters. The van der Waals surface area contributed by atoms with Crippen LogP contribution in [0.15, 0.2) is 48.5 Å². The van der Waals surface area contributed by atoms with Crippen LogP contribution in [0.5, 0.6) is 0 Å². The molecule has 0 bridgehead atoms. The summed E-state index contributed by atoms with van der Waals surface area (Å²) in [6.45, 7) is 2.39. The topological polar surface area (TPSA) is 26.3 Å². The molecule has 0 aliphatic rings. The van der Waals surface area contributed by atoms with Crippen LogP contribution in [0.1, 0.15) is 21.5 Å². The normalized spacial score (nSPS) is 10.4. The molecule has 0 radical (unpaired) electrons. The zero-order valence-electron chi connectivity index (χ0n) is 10.7. The van der Waals surface area contributed by atoms with Crippen molar-refractivity contribution < 1.29 is 9.53 Å². The Hall–Kier alpha value is -1.64. The van der Waals surface area contributed by atoms with Gasteiger partial charge in [-0.1, -0.05) is 53.6 Å². The molecule has 0 N–H and O–H groups in total. The standard InChI is InChI=1S/C16H15ClO2/c1-12-7-8-15(17)14(9-12)16(18)11-19-10-13-5-3-2-4-6-13/h2-9H,10-11H2,1H3. The summed E-state index contributed by atoms with van der Waals surface area (Å²) in [5.41, 5.74) is 2.58. The van der Waals surface area contributed by atoms with E-state index in [0.717, 1.165) is 11.1 Å². The number of benzene rings is 2. The second-order valence-electron chi connectivity index (χ2n) is 4.38. The first-order valence-corrected chi connectivity index (χ1v) is 6.45. The van der Waals surface area contributed by atoms with Crippen molar-refractivity contribution in [2.24, 2.45) is 0 Å². The van der Waals surface area contributed by atoms with Crippen molar-refractivity contribution >= 4 is 17.4 Å². The third-order valence-corrected chi connectivity index (χ3v) is 3.10. The Bertz CT molecular complexity index is 564. The molecular weight excluding hydrogens is 260 g/mol. The summed E-state index contributed by atoms with van der Waals surface area (Å²) < 4.78 is 5.42. The number of halogens is 1. The van der Waals surface area contributed by atoms with E-state index in [1.807, 2.05) is 43.3 Å². The number of ketones is 1. The Kier molecular flexibility index (Phi) is 4.72. The van der Waals surface area contributed by atoms with Crippen molar-refractivity contribution in [2.45, 2.75) is 13.5 Å². The molecule has 0 aliphatic carbocycles.